The number of ether oxygens (including phenoxy) is 2. The van der Waals surface area contributed by atoms with E-state index in [0.29, 0.717) is 18.9 Å². The summed E-state index contributed by atoms with van der Waals surface area (Å²) in [5, 5.41) is 14.3. The van der Waals surface area contributed by atoms with Crippen molar-refractivity contribution in [2.75, 3.05) is 20.3 Å². The van der Waals surface area contributed by atoms with E-state index in [1.807, 2.05) is 0 Å². The summed E-state index contributed by atoms with van der Waals surface area (Å²) in [6.45, 7) is 2.02. The van der Waals surface area contributed by atoms with E-state index in [-0.39, 0.29) is 16.7 Å². The molecule has 2 rings (SSSR count). The third-order valence-corrected chi connectivity index (χ3v) is 3.63. The molecule has 0 spiro atoms. The van der Waals surface area contributed by atoms with Crippen LogP contribution in [-0.2, 0) is 11.3 Å². The highest BCUT2D eigenvalue weighted by atomic mass is 16.6. The Labute approximate surface area is 124 Å². The van der Waals surface area contributed by atoms with E-state index >= 15 is 0 Å². The Morgan fingerprint density at radius 1 is 1.38 bits per heavy atom. The van der Waals surface area contributed by atoms with E-state index in [2.05, 4.69) is 5.32 Å². The molecule has 1 fully saturated rings. The van der Waals surface area contributed by atoms with Gasteiger partial charge in [0, 0.05) is 26.3 Å². The molecule has 0 bridgehead atoms. The smallest absolute Gasteiger partial charge is 0.310 e. The monoisotopic (exact) mass is 294 g/mol. The molecule has 6 nitrogen and oxygen atoms in total. The summed E-state index contributed by atoms with van der Waals surface area (Å²) in [6, 6.07) is 5.06. The summed E-state index contributed by atoms with van der Waals surface area (Å²) in [6.07, 6.45) is 4.34. The van der Waals surface area contributed by atoms with E-state index in [4.69, 9.17) is 9.47 Å². The van der Waals surface area contributed by atoms with Crippen LogP contribution in [0.15, 0.2) is 18.2 Å². The lowest BCUT2D eigenvalue weighted by Gasteiger charge is -2.14. The third kappa shape index (κ3) is 4.68. The molecule has 0 atom stereocenters. The summed E-state index contributed by atoms with van der Waals surface area (Å²) >= 11 is 0. The molecule has 0 radical (unpaired) electrons. The quantitative estimate of drug-likeness (QED) is 0.453. The van der Waals surface area contributed by atoms with Crippen LogP contribution in [0.1, 0.15) is 31.2 Å². The number of benzene rings is 1. The van der Waals surface area contributed by atoms with Crippen molar-refractivity contribution in [3.63, 3.8) is 0 Å². The van der Waals surface area contributed by atoms with E-state index in [0.717, 1.165) is 37.8 Å². The Morgan fingerprint density at radius 3 is 2.81 bits per heavy atom. The summed E-state index contributed by atoms with van der Waals surface area (Å²) in [5.74, 6) is 0.387. The zero-order chi connectivity index (χ0) is 15.1. The highest BCUT2D eigenvalue weighted by Crippen LogP contribution is 2.32. The number of nitro groups is 1. The highest BCUT2D eigenvalue weighted by molar-refractivity contribution is 5.48. The van der Waals surface area contributed by atoms with Crippen molar-refractivity contribution in [2.24, 2.45) is 0 Å². The predicted octanol–water partition coefficient (Wildman–Crippen LogP) is 2.65. The molecule has 1 aromatic rings. The van der Waals surface area contributed by atoms with Crippen molar-refractivity contribution >= 4 is 5.69 Å². The van der Waals surface area contributed by atoms with Crippen LogP contribution < -0.4 is 10.1 Å². The second kappa shape index (κ2) is 7.95. The fourth-order valence-corrected chi connectivity index (χ4v) is 2.51. The van der Waals surface area contributed by atoms with Crippen LogP contribution in [0.3, 0.4) is 0 Å². The molecule has 116 valence electrons. The van der Waals surface area contributed by atoms with E-state index in [1.54, 1.807) is 19.2 Å². The van der Waals surface area contributed by atoms with Crippen LogP contribution in [0.4, 0.5) is 5.69 Å². The van der Waals surface area contributed by atoms with Gasteiger partial charge < -0.3 is 14.8 Å². The molecule has 0 aromatic heterocycles. The lowest BCUT2D eigenvalue weighted by molar-refractivity contribution is -0.386. The molecule has 1 N–H and O–H groups in total. The van der Waals surface area contributed by atoms with Gasteiger partial charge in [0.15, 0.2) is 5.75 Å². The first-order chi connectivity index (χ1) is 10.2. The summed E-state index contributed by atoms with van der Waals surface area (Å²) in [7, 11) is 1.65. The first kappa shape index (κ1) is 15.7. The fraction of sp³-hybridized carbons (Fsp3) is 0.600. The van der Waals surface area contributed by atoms with Crippen LogP contribution in [0.5, 0.6) is 5.75 Å². The van der Waals surface area contributed by atoms with Crippen molar-refractivity contribution in [1.29, 1.82) is 0 Å². The van der Waals surface area contributed by atoms with Gasteiger partial charge in [-0.25, -0.2) is 0 Å². The van der Waals surface area contributed by atoms with Crippen molar-refractivity contribution in [3.05, 3.63) is 33.9 Å². The number of rotatable bonds is 8. The van der Waals surface area contributed by atoms with Gasteiger partial charge in [-0.2, -0.15) is 0 Å². The maximum atomic E-state index is 11.1. The predicted molar refractivity (Wildman–Crippen MR) is 79.6 cm³/mol. The minimum atomic E-state index is -0.383. The Morgan fingerprint density at radius 2 is 2.14 bits per heavy atom. The Bertz CT molecular complexity index is 473. The molecular weight excluding hydrogens is 272 g/mol. The fourth-order valence-electron chi connectivity index (χ4n) is 2.51. The van der Waals surface area contributed by atoms with Gasteiger partial charge in [-0.15, -0.1) is 0 Å². The second-order valence-electron chi connectivity index (χ2n) is 5.25. The second-order valence-corrected chi connectivity index (χ2v) is 5.25. The highest BCUT2D eigenvalue weighted by Gasteiger charge is 2.22. The molecule has 1 aliphatic carbocycles. The first-order valence-corrected chi connectivity index (χ1v) is 7.34. The number of nitro benzene ring substituents is 1. The van der Waals surface area contributed by atoms with Crippen LogP contribution in [0, 0.1) is 10.1 Å². The number of methoxy groups -OCH3 is 1. The normalized spacial score (nSPS) is 15.3. The van der Waals surface area contributed by atoms with Gasteiger partial charge >= 0.3 is 5.69 Å². The minimum absolute atomic E-state index is 0.0440. The van der Waals surface area contributed by atoms with E-state index in [9.17, 15) is 10.1 Å². The maximum absolute atomic E-state index is 11.1. The molecule has 1 aromatic carbocycles. The average Bonchev–Trinajstić information content (AvgIpc) is 2.96. The standard InChI is InChI=1S/C15H22N2O4/c1-20-9-8-16-11-12-6-7-14(17(18)19)15(10-12)21-13-4-2-3-5-13/h6-7,10,13,16H,2-5,8-9,11H2,1H3. The molecule has 1 saturated carbocycles. The van der Waals surface area contributed by atoms with Crippen molar-refractivity contribution in [3.8, 4) is 5.75 Å². The van der Waals surface area contributed by atoms with Crippen LogP contribution >= 0.6 is 0 Å². The maximum Gasteiger partial charge on any atom is 0.310 e. The lowest BCUT2D eigenvalue weighted by atomic mass is 10.2. The SMILES string of the molecule is COCCNCc1ccc([N+](=O)[O-])c(OC2CCCC2)c1. The van der Waals surface area contributed by atoms with Gasteiger partial charge in [-0.05, 0) is 37.3 Å². The van der Waals surface area contributed by atoms with Gasteiger partial charge in [0.05, 0.1) is 17.6 Å². The molecule has 1 aliphatic rings. The number of hydrogen-bond acceptors (Lipinski definition) is 5. The molecule has 6 heteroatoms. The molecular formula is C15H22N2O4. The number of hydrogen-bond donors (Lipinski definition) is 1. The average molecular weight is 294 g/mol. The van der Waals surface area contributed by atoms with Crippen LogP contribution in [0.25, 0.3) is 0 Å². The Hall–Kier alpha value is -1.66. The van der Waals surface area contributed by atoms with Gasteiger partial charge in [-0.3, -0.25) is 10.1 Å². The van der Waals surface area contributed by atoms with Crippen LogP contribution in [0.2, 0.25) is 0 Å². The summed E-state index contributed by atoms with van der Waals surface area (Å²) in [5.41, 5.74) is 1.02. The zero-order valence-electron chi connectivity index (χ0n) is 12.3. The van der Waals surface area contributed by atoms with E-state index in [1.165, 1.54) is 6.07 Å². The van der Waals surface area contributed by atoms with Crippen molar-refractivity contribution in [1.82, 2.24) is 5.32 Å². The van der Waals surface area contributed by atoms with Gasteiger partial charge in [-0.1, -0.05) is 6.07 Å². The molecule has 0 saturated heterocycles. The van der Waals surface area contributed by atoms with Crippen LogP contribution in [-0.4, -0.2) is 31.3 Å². The Kier molecular flexibility index (Phi) is 5.95. The molecule has 0 unspecified atom stereocenters. The minimum Gasteiger partial charge on any atom is -0.483 e. The molecule has 0 aliphatic heterocycles. The topological polar surface area (TPSA) is 73.6 Å². The molecule has 21 heavy (non-hydrogen) atoms. The molecule has 0 amide bonds. The zero-order valence-corrected chi connectivity index (χ0v) is 12.3. The van der Waals surface area contributed by atoms with E-state index < -0.39 is 0 Å². The van der Waals surface area contributed by atoms with Gasteiger partial charge in [0.2, 0.25) is 0 Å². The third-order valence-electron chi connectivity index (χ3n) is 3.63. The van der Waals surface area contributed by atoms with Crippen molar-refractivity contribution in [2.45, 2.75) is 38.3 Å². The number of nitrogens with zero attached hydrogens (tertiary/aromatic N) is 1. The largest absolute Gasteiger partial charge is 0.483 e. The number of nitrogens with one attached hydrogen (secondary N) is 1. The molecule has 0 heterocycles. The van der Waals surface area contributed by atoms with Gasteiger partial charge in [0.1, 0.15) is 0 Å². The van der Waals surface area contributed by atoms with Crippen molar-refractivity contribution < 1.29 is 14.4 Å². The summed E-state index contributed by atoms with van der Waals surface area (Å²) < 4.78 is 10.8. The van der Waals surface area contributed by atoms with Gasteiger partial charge in [0.25, 0.3) is 0 Å². The Balaban J connectivity index is 2.04. The summed E-state index contributed by atoms with van der Waals surface area (Å²) in [4.78, 5) is 10.7. The first-order valence-electron chi connectivity index (χ1n) is 7.34. The lowest BCUT2D eigenvalue weighted by Crippen LogP contribution is -2.19.